The van der Waals surface area contributed by atoms with Crippen molar-refractivity contribution in [1.29, 1.82) is 0 Å². The summed E-state index contributed by atoms with van der Waals surface area (Å²) >= 11 is 0. The molecule has 1 fully saturated rings. The Balaban J connectivity index is 1.74. The summed E-state index contributed by atoms with van der Waals surface area (Å²) in [6.07, 6.45) is 5.07. The van der Waals surface area contributed by atoms with Crippen LogP contribution in [0.3, 0.4) is 0 Å². The molecular formula is C24H23N3O3. The zero-order chi connectivity index (χ0) is 21.1. The number of unbranched alkanes of at least 4 members (excludes halogenated alkanes) is 1. The Hall–Kier alpha value is -3.67. The van der Waals surface area contributed by atoms with Crippen molar-refractivity contribution in [3.05, 3.63) is 77.5 Å². The first-order chi connectivity index (χ1) is 14.6. The molecule has 1 N–H and O–H groups in total. The van der Waals surface area contributed by atoms with Crippen LogP contribution in [0.1, 0.15) is 30.9 Å². The summed E-state index contributed by atoms with van der Waals surface area (Å²) in [4.78, 5) is 38.5. The van der Waals surface area contributed by atoms with E-state index < -0.39 is 17.8 Å². The predicted octanol–water partition coefficient (Wildman–Crippen LogP) is 3.95. The Morgan fingerprint density at radius 1 is 0.967 bits per heavy atom. The molecule has 3 aromatic rings. The number of carbonyl (C=O) groups excluding carboxylic acids is 3. The second-order valence-corrected chi connectivity index (χ2v) is 7.34. The lowest BCUT2D eigenvalue weighted by atomic mass is 10.1. The summed E-state index contributed by atoms with van der Waals surface area (Å²) in [5, 5.41) is 3.23. The van der Waals surface area contributed by atoms with E-state index in [2.05, 4.69) is 22.0 Å². The second kappa shape index (κ2) is 8.37. The first-order valence-electron chi connectivity index (χ1n) is 10.1. The number of nitrogens with one attached hydrogen (secondary N) is 1. The summed E-state index contributed by atoms with van der Waals surface area (Å²) in [5.74, 6) is -1.20. The fourth-order valence-electron chi connectivity index (χ4n) is 3.67. The first kappa shape index (κ1) is 19.6. The van der Waals surface area contributed by atoms with Crippen molar-refractivity contribution in [2.75, 3.05) is 6.54 Å². The van der Waals surface area contributed by atoms with Crippen molar-refractivity contribution in [2.45, 2.75) is 26.3 Å². The average molecular weight is 401 g/mol. The lowest BCUT2D eigenvalue weighted by Crippen LogP contribution is -2.54. The molecule has 0 spiro atoms. The van der Waals surface area contributed by atoms with E-state index in [0.29, 0.717) is 19.5 Å². The summed E-state index contributed by atoms with van der Waals surface area (Å²) in [6.45, 7) is 2.95. The lowest BCUT2D eigenvalue weighted by Gasteiger charge is -2.26. The molecule has 0 radical (unpaired) electrons. The second-order valence-electron chi connectivity index (χ2n) is 7.34. The summed E-state index contributed by atoms with van der Waals surface area (Å²) < 4.78 is 2.10. The molecule has 0 atom stereocenters. The normalized spacial score (nSPS) is 15.8. The number of imide groups is 2. The van der Waals surface area contributed by atoms with Gasteiger partial charge in [-0.3, -0.25) is 19.8 Å². The van der Waals surface area contributed by atoms with Gasteiger partial charge in [-0.05, 0) is 24.1 Å². The van der Waals surface area contributed by atoms with Crippen LogP contribution in [-0.2, 0) is 16.1 Å². The maximum absolute atomic E-state index is 12.9. The lowest BCUT2D eigenvalue weighted by molar-refractivity contribution is -0.130. The number of fused-ring (bicyclic) bond motifs is 1. The minimum atomic E-state index is -0.655. The smallest absolute Gasteiger partial charge is 0.331 e. The van der Waals surface area contributed by atoms with Gasteiger partial charge in [0.1, 0.15) is 5.57 Å². The number of barbiturate groups is 1. The molecule has 1 aliphatic rings. The van der Waals surface area contributed by atoms with Crippen molar-refractivity contribution in [1.82, 2.24) is 14.8 Å². The van der Waals surface area contributed by atoms with Gasteiger partial charge >= 0.3 is 6.03 Å². The number of amides is 4. The fourth-order valence-corrected chi connectivity index (χ4v) is 3.67. The highest BCUT2D eigenvalue weighted by Gasteiger charge is 2.35. The zero-order valence-corrected chi connectivity index (χ0v) is 16.8. The number of urea groups is 1. The maximum atomic E-state index is 12.9. The molecule has 0 saturated carbocycles. The molecule has 1 aliphatic heterocycles. The van der Waals surface area contributed by atoms with Crippen LogP contribution in [0.25, 0.3) is 17.0 Å². The van der Waals surface area contributed by atoms with Crippen LogP contribution < -0.4 is 5.32 Å². The monoisotopic (exact) mass is 401 g/mol. The molecule has 1 saturated heterocycles. The third-order valence-corrected chi connectivity index (χ3v) is 5.24. The Bertz CT molecular complexity index is 1140. The number of hydrogen-bond donors (Lipinski definition) is 1. The number of rotatable bonds is 6. The van der Waals surface area contributed by atoms with Crippen LogP contribution in [0.5, 0.6) is 0 Å². The van der Waals surface area contributed by atoms with Crippen LogP contribution in [0, 0.1) is 0 Å². The predicted molar refractivity (Wildman–Crippen MR) is 116 cm³/mol. The summed E-state index contributed by atoms with van der Waals surface area (Å²) in [7, 11) is 0. The van der Waals surface area contributed by atoms with E-state index in [-0.39, 0.29) is 5.57 Å². The number of para-hydroxylation sites is 1. The van der Waals surface area contributed by atoms with Gasteiger partial charge in [-0.25, -0.2) is 4.79 Å². The highest BCUT2D eigenvalue weighted by Crippen LogP contribution is 2.26. The summed E-state index contributed by atoms with van der Waals surface area (Å²) in [5.41, 5.74) is 2.91. The van der Waals surface area contributed by atoms with Crippen molar-refractivity contribution in [3.63, 3.8) is 0 Å². The Morgan fingerprint density at radius 2 is 1.70 bits per heavy atom. The Labute approximate surface area is 174 Å². The first-order valence-corrected chi connectivity index (χ1v) is 10.1. The van der Waals surface area contributed by atoms with Gasteiger partial charge in [0.05, 0.1) is 0 Å². The van der Waals surface area contributed by atoms with Crippen LogP contribution in [0.15, 0.2) is 66.4 Å². The minimum absolute atomic E-state index is 0.0201. The van der Waals surface area contributed by atoms with Gasteiger partial charge in [0.2, 0.25) is 0 Å². The van der Waals surface area contributed by atoms with Crippen molar-refractivity contribution < 1.29 is 14.4 Å². The average Bonchev–Trinajstić information content (AvgIpc) is 3.09. The van der Waals surface area contributed by atoms with E-state index in [1.54, 1.807) is 6.08 Å². The number of hydrogen-bond acceptors (Lipinski definition) is 3. The minimum Gasteiger partial charge on any atom is -0.342 e. The fraction of sp³-hybridized carbons (Fsp3) is 0.208. The zero-order valence-electron chi connectivity index (χ0n) is 16.8. The molecule has 4 amide bonds. The van der Waals surface area contributed by atoms with Gasteiger partial charge < -0.3 is 4.57 Å². The molecule has 0 unspecified atom stereocenters. The quantitative estimate of drug-likeness (QED) is 0.502. The van der Waals surface area contributed by atoms with E-state index in [1.807, 2.05) is 55.6 Å². The number of benzene rings is 2. The SMILES string of the molecule is CCCCN1C(=O)NC(=O)C(=Cc2cn(Cc3ccccc3)c3ccccc23)C1=O. The van der Waals surface area contributed by atoms with Gasteiger partial charge in [0, 0.05) is 35.8 Å². The number of nitrogens with zero attached hydrogens (tertiary/aromatic N) is 2. The molecule has 152 valence electrons. The van der Waals surface area contributed by atoms with E-state index in [9.17, 15) is 14.4 Å². The molecule has 0 aliphatic carbocycles. The van der Waals surface area contributed by atoms with Crippen molar-refractivity contribution in [2.24, 2.45) is 0 Å². The maximum Gasteiger partial charge on any atom is 0.331 e. The Kier molecular flexibility index (Phi) is 5.48. The van der Waals surface area contributed by atoms with Crippen molar-refractivity contribution >= 4 is 34.8 Å². The molecule has 0 bridgehead atoms. The number of carbonyl (C=O) groups is 3. The third-order valence-electron chi connectivity index (χ3n) is 5.24. The van der Waals surface area contributed by atoms with Gasteiger partial charge in [-0.15, -0.1) is 0 Å². The van der Waals surface area contributed by atoms with Crippen molar-refractivity contribution in [3.8, 4) is 0 Å². The highest BCUT2D eigenvalue weighted by atomic mass is 16.2. The molecule has 2 aromatic carbocycles. The summed E-state index contributed by atoms with van der Waals surface area (Å²) in [6, 6.07) is 17.3. The largest absolute Gasteiger partial charge is 0.342 e. The van der Waals surface area contributed by atoms with E-state index in [4.69, 9.17) is 0 Å². The van der Waals surface area contributed by atoms with E-state index in [0.717, 1.165) is 33.4 Å². The molecule has 6 nitrogen and oxygen atoms in total. The van der Waals surface area contributed by atoms with Crippen LogP contribution in [0.4, 0.5) is 4.79 Å². The van der Waals surface area contributed by atoms with Gasteiger partial charge in [0.25, 0.3) is 11.8 Å². The third kappa shape index (κ3) is 3.76. The standard InChI is InChI=1S/C24H23N3O3/c1-2-3-13-27-23(29)20(22(28)25-24(27)30)14-18-16-26(15-17-9-5-4-6-10-17)21-12-8-7-11-19(18)21/h4-12,14,16H,2-3,13,15H2,1H3,(H,25,28,30). The number of aromatic nitrogens is 1. The molecule has 4 rings (SSSR count). The topological polar surface area (TPSA) is 71.4 Å². The van der Waals surface area contributed by atoms with Crippen LogP contribution in [-0.4, -0.2) is 33.9 Å². The molecule has 30 heavy (non-hydrogen) atoms. The Morgan fingerprint density at radius 3 is 2.47 bits per heavy atom. The molecule has 1 aromatic heterocycles. The molecular weight excluding hydrogens is 378 g/mol. The van der Waals surface area contributed by atoms with Gasteiger partial charge in [0.15, 0.2) is 0 Å². The highest BCUT2D eigenvalue weighted by molar-refractivity contribution is 6.31. The van der Waals surface area contributed by atoms with Gasteiger partial charge in [-0.1, -0.05) is 61.9 Å². The van der Waals surface area contributed by atoms with E-state index >= 15 is 0 Å². The molecule has 6 heteroatoms. The van der Waals surface area contributed by atoms with E-state index in [1.165, 1.54) is 0 Å². The van der Waals surface area contributed by atoms with Gasteiger partial charge in [-0.2, -0.15) is 0 Å². The molecule has 2 heterocycles. The van der Waals surface area contributed by atoms with Crippen LogP contribution >= 0.6 is 0 Å². The van der Waals surface area contributed by atoms with Crippen LogP contribution in [0.2, 0.25) is 0 Å².